The lowest BCUT2D eigenvalue weighted by Crippen LogP contribution is -2.07. The molecule has 3 aromatic heterocycles. The molecule has 13 heteroatoms. The second kappa shape index (κ2) is 10.4. The van der Waals surface area contributed by atoms with E-state index in [9.17, 15) is 13.2 Å². The quantitative estimate of drug-likeness (QED) is 0.317. The lowest BCUT2D eigenvalue weighted by atomic mass is 10.1. The number of rotatable bonds is 9. The van der Waals surface area contributed by atoms with Crippen molar-refractivity contribution in [2.24, 2.45) is 7.05 Å². The van der Waals surface area contributed by atoms with Crippen LogP contribution in [0, 0.1) is 0 Å². The number of methoxy groups -OCH3 is 3. The molecule has 0 amide bonds. The largest absolute Gasteiger partial charge is 0.496 e. The number of nitrogens with one attached hydrogen (secondary N) is 1. The number of ether oxygens (including phenoxy) is 3. The van der Waals surface area contributed by atoms with E-state index in [1.54, 1.807) is 24.4 Å². The van der Waals surface area contributed by atoms with Crippen LogP contribution in [0.15, 0.2) is 36.9 Å². The summed E-state index contributed by atoms with van der Waals surface area (Å²) < 4.78 is 57.2. The first-order chi connectivity index (χ1) is 18.7. The van der Waals surface area contributed by atoms with E-state index >= 15 is 0 Å². The number of imidazole rings is 1. The Bertz CT molecular complexity index is 1500. The minimum atomic E-state index is -4.54. The van der Waals surface area contributed by atoms with Gasteiger partial charge in [-0.2, -0.15) is 13.2 Å². The second-order valence-electron chi connectivity index (χ2n) is 8.97. The molecule has 5 rings (SSSR count). The van der Waals surface area contributed by atoms with Gasteiger partial charge in [-0.05, 0) is 30.5 Å². The molecule has 0 unspecified atom stereocenters. The van der Waals surface area contributed by atoms with Crippen molar-refractivity contribution in [3.8, 4) is 40.2 Å². The maximum Gasteiger partial charge on any atom is 0.434 e. The third-order valence-corrected chi connectivity index (χ3v) is 6.33. The van der Waals surface area contributed by atoms with Gasteiger partial charge in [-0.1, -0.05) is 6.07 Å². The molecule has 0 radical (unpaired) electrons. The van der Waals surface area contributed by atoms with Gasteiger partial charge in [0.05, 0.1) is 38.8 Å². The van der Waals surface area contributed by atoms with Gasteiger partial charge in [0.2, 0.25) is 5.88 Å². The number of halogens is 3. The summed E-state index contributed by atoms with van der Waals surface area (Å²) in [6.45, 7) is 0.315. The fourth-order valence-corrected chi connectivity index (χ4v) is 4.25. The molecule has 0 aliphatic heterocycles. The van der Waals surface area contributed by atoms with Crippen LogP contribution in [0.3, 0.4) is 0 Å². The molecular formula is C26H26F3N7O3. The molecule has 0 saturated heterocycles. The Morgan fingerprint density at radius 2 is 1.77 bits per heavy atom. The highest BCUT2D eigenvalue weighted by molar-refractivity contribution is 5.69. The van der Waals surface area contributed by atoms with Crippen LogP contribution in [0.4, 0.5) is 19.0 Å². The first-order valence-electron chi connectivity index (χ1n) is 12.1. The topological polar surface area (TPSA) is 109 Å². The third kappa shape index (κ3) is 5.29. The molecule has 1 aromatic carbocycles. The predicted molar refractivity (Wildman–Crippen MR) is 136 cm³/mol. The van der Waals surface area contributed by atoms with Gasteiger partial charge >= 0.3 is 6.18 Å². The molecule has 1 fully saturated rings. The number of hydrogen-bond acceptors (Lipinski definition) is 9. The van der Waals surface area contributed by atoms with E-state index in [0.717, 1.165) is 30.3 Å². The Labute approximate surface area is 222 Å². The standard InChI is InChI=1S/C26H26F3N7O3/c1-36-12-19(26(27,28)29)34-24(36)16-8-5-14(9-17(16)37-2)10-30-22-18(38-3)11-31-23(35-22)20-21(15-6-7-15)32-13-33-25(20)39-4/h5,8-9,11-13,15H,6-7,10H2,1-4H3,(H,30,31,35). The Kier molecular flexibility index (Phi) is 6.98. The summed E-state index contributed by atoms with van der Waals surface area (Å²) in [6, 6.07) is 5.19. The summed E-state index contributed by atoms with van der Waals surface area (Å²) in [5.41, 5.74) is 1.76. The Hall–Kier alpha value is -4.42. The van der Waals surface area contributed by atoms with E-state index in [4.69, 9.17) is 19.2 Å². The van der Waals surface area contributed by atoms with Crippen molar-refractivity contribution in [3.63, 3.8) is 0 Å². The van der Waals surface area contributed by atoms with Crippen molar-refractivity contribution >= 4 is 5.82 Å². The molecular weight excluding hydrogens is 515 g/mol. The number of aromatic nitrogens is 6. The molecule has 204 valence electrons. The highest BCUT2D eigenvalue weighted by Crippen LogP contribution is 2.45. The third-order valence-electron chi connectivity index (χ3n) is 6.33. The van der Waals surface area contributed by atoms with Crippen LogP contribution in [0.1, 0.15) is 35.7 Å². The smallest absolute Gasteiger partial charge is 0.434 e. The zero-order valence-corrected chi connectivity index (χ0v) is 21.7. The van der Waals surface area contributed by atoms with Crippen LogP contribution >= 0.6 is 0 Å². The van der Waals surface area contributed by atoms with Crippen molar-refractivity contribution in [2.45, 2.75) is 31.5 Å². The first-order valence-corrected chi connectivity index (χ1v) is 12.1. The molecule has 39 heavy (non-hydrogen) atoms. The van der Waals surface area contributed by atoms with Gasteiger partial charge in [-0.15, -0.1) is 0 Å². The zero-order chi connectivity index (χ0) is 27.7. The van der Waals surface area contributed by atoms with Gasteiger partial charge in [-0.25, -0.2) is 24.9 Å². The van der Waals surface area contributed by atoms with Crippen LogP contribution in [-0.4, -0.2) is 50.8 Å². The highest BCUT2D eigenvalue weighted by atomic mass is 19.4. The minimum absolute atomic E-state index is 0.145. The predicted octanol–water partition coefficient (Wildman–Crippen LogP) is 4.87. The van der Waals surface area contributed by atoms with Gasteiger partial charge in [-0.3, -0.25) is 0 Å². The summed E-state index contributed by atoms with van der Waals surface area (Å²) in [5, 5.41) is 3.26. The maximum atomic E-state index is 13.2. The van der Waals surface area contributed by atoms with E-state index in [2.05, 4.69) is 25.3 Å². The average molecular weight is 542 g/mol. The zero-order valence-electron chi connectivity index (χ0n) is 21.7. The number of alkyl halides is 3. The van der Waals surface area contributed by atoms with E-state index in [0.29, 0.717) is 52.6 Å². The van der Waals surface area contributed by atoms with Crippen molar-refractivity contribution in [3.05, 3.63) is 53.9 Å². The summed E-state index contributed by atoms with van der Waals surface area (Å²) in [7, 11) is 6.02. The van der Waals surface area contributed by atoms with Crippen LogP contribution < -0.4 is 19.5 Å². The first kappa shape index (κ1) is 26.2. The van der Waals surface area contributed by atoms with Crippen molar-refractivity contribution in [2.75, 3.05) is 26.6 Å². The van der Waals surface area contributed by atoms with Crippen LogP contribution in [0.25, 0.3) is 22.8 Å². The monoisotopic (exact) mass is 541 g/mol. The van der Waals surface area contributed by atoms with Crippen LogP contribution in [-0.2, 0) is 19.8 Å². The fourth-order valence-electron chi connectivity index (χ4n) is 4.25. The second-order valence-corrected chi connectivity index (χ2v) is 8.97. The maximum absolute atomic E-state index is 13.2. The van der Waals surface area contributed by atoms with E-state index in [-0.39, 0.29) is 5.82 Å². The summed E-state index contributed by atoms with van der Waals surface area (Å²) in [4.78, 5) is 21.6. The van der Waals surface area contributed by atoms with E-state index in [1.807, 2.05) is 0 Å². The van der Waals surface area contributed by atoms with Gasteiger partial charge in [0.15, 0.2) is 23.1 Å². The number of anilines is 1. The van der Waals surface area contributed by atoms with E-state index in [1.165, 1.54) is 39.3 Å². The average Bonchev–Trinajstić information content (AvgIpc) is 3.71. The molecule has 10 nitrogen and oxygen atoms in total. The van der Waals surface area contributed by atoms with Gasteiger partial charge in [0.1, 0.15) is 23.5 Å². The summed E-state index contributed by atoms with van der Waals surface area (Å²) in [6.07, 6.45) is 1.51. The number of aryl methyl sites for hydroxylation is 1. The van der Waals surface area contributed by atoms with Gasteiger partial charge in [0, 0.05) is 25.7 Å². The molecule has 0 spiro atoms. The number of hydrogen-bond donors (Lipinski definition) is 1. The molecule has 1 N–H and O–H groups in total. The molecule has 1 aliphatic rings. The minimum Gasteiger partial charge on any atom is -0.496 e. The summed E-state index contributed by atoms with van der Waals surface area (Å²) in [5.74, 6) is 2.51. The summed E-state index contributed by atoms with van der Waals surface area (Å²) >= 11 is 0. The molecule has 3 heterocycles. The lowest BCUT2D eigenvalue weighted by molar-refractivity contribution is -0.140. The highest BCUT2D eigenvalue weighted by Gasteiger charge is 2.35. The van der Waals surface area contributed by atoms with Crippen LogP contribution in [0.2, 0.25) is 0 Å². The molecule has 1 aliphatic carbocycles. The molecule has 0 bridgehead atoms. The Morgan fingerprint density at radius 3 is 2.41 bits per heavy atom. The Balaban J connectivity index is 1.43. The number of benzene rings is 1. The van der Waals surface area contributed by atoms with Crippen molar-refractivity contribution < 1.29 is 27.4 Å². The number of nitrogens with zero attached hydrogens (tertiary/aromatic N) is 6. The molecule has 4 aromatic rings. The molecule has 0 atom stereocenters. The normalized spacial score (nSPS) is 13.3. The Morgan fingerprint density at radius 1 is 1.00 bits per heavy atom. The van der Waals surface area contributed by atoms with E-state index < -0.39 is 11.9 Å². The molecule has 1 saturated carbocycles. The lowest BCUT2D eigenvalue weighted by Gasteiger charge is -2.15. The van der Waals surface area contributed by atoms with Crippen LogP contribution in [0.5, 0.6) is 17.4 Å². The SMILES string of the molecule is COc1cc(CNc2nc(-c3c(OC)ncnc3C3CC3)ncc2OC)ccc1-c1nc(C(F)(F)F)cn1C. The van der Waals surface area contributed by atoms with Crippen molar-refractivity contribution in [1.82, 2.24) is 29.5 Å². The van der Waals surface area contributed by atoms with Gasteiger partial charge < -0.3 is 24.1 Å². The fraction of sp³-hybridized carbons (Fsp3) is 0.346. The van der Waals surface area contributed by atoms with Crippen molar-refractivity contribution in [1.29, 1.82) is 0 Å². The van der Waals surface area contributed by atoms with Gasteiger partial charge in [0.25, 0.3) is 0 Å².